The van der Waals surface area contributed by atoms with Gasteiger partial charge in [0, 0.05) is 50.9 Å². The van der Waals surface area contributed by atoms with Gasteiger partial charge in [0.1, 0.15) is 5.75 Å². The average molecular weight is 558 g/mol. The van der Waals surface area contributed by atoms with Crippen LogP contribution in [0.25, 0.3) is 0 Å². The number of hydrogen-bond donors (Lipinski definition) is 2. The van der Waals surface area contributed by atoms with Gasteiger partial charge in [-0.15, -0.1) is 12.8 Å². The number of benzene rings is 3. The molecule has 41 heavy (non-hydrogen) atoms. The first-order valence-electron chi connectivity index (χ1n) is 13.9. The smallest absolute Gasteiger partial charge is 0.335 e. The zero-order chi connectivity index (χ0) is 30.4. The van der Waals surface area contributed by atoms with E-state index in [1.165, 1.54) is 5.56 Å². The SMILES string of the molecule is C#C.CCN(CC)C(=O)c1ccc(Cc2cccc(O)c2)cc1.C[C@H]1CN(Cc2ccc(C(=O)O)cc2)CCN1C. The highest BCUT2D eigenvalue weighted by Gasteiger charge is 2.20. The molecule has 1 fully saturated rings. The van der Waals surface area contributed by atoms with Crippen molar-refractivity contribution in [2.24, 2.45) is 0 Å². The Labute approximate surface area is 245 Å². The molecule has 1 heterocycles. The Morgan fingerprint density at radius 3 is 2.00 bits per heavy atom. The molecule has 7 heteroatoms. The Bertz CT molecular complexity index is 1250. The van der Waals surface area contributed by atoms with Crippen LogP contribution < -0.4 is 0 Å². The molecule has 218 valence electrons. The lowest BCUT2D eigenvalue weighted by atomic mass is 10.0. The Morgan fingerprint density at radius 2 is 1.46 bits per heavy atom. The van der Waals surface area contributed by atoms with Gasteiger partial charge < -0.3 is 20.0 Å². The van der Waals surface area contributed by atoms with Crippen LogP contribution in [0, 0.1) is 12.8 Å². The van der Waals surface area contributed by atoms with Gasteiger partial charge in [0.25, 0.3) is 5.91 Å². The topological polar surface area (TPSA) is 84.3 Å². The minimum Gasteiger partial charge on any atom is -0.508 e. The van der Waals surface area contributed by atoms with Crippen LogP contribution in [0.15, 0.2) is 72.8 Å². The van der Waals surface area contributed by atoms with Crippen molar-refractivity contribution in [2.45, 2.75) is 39.8 Å². The first-order chi connectivity index (χ1) is 19.7. The summed E-state index contributed by atoms with van der Waals surface area (Å²) in [5, 5.41) is 18.3. The van der Waals surface area contributed by atoms with E-state index < -0.39 is 5.97 Å². The fourth-order valence-electron chi connectivity index (χ4n) is 4.64. The van der Waals surface area contributed by atoms with Gasteiger partial charge in [-0.1, -0.05) is 36.4 Å². The second kappa shape index (κ2) is 16.9. The lowest BCUT2D eigenvalue weighted by Gasteiger charge is -2.37. The highest BCUT2D eigenvalue weighted by Crippen LogP contribution is 2.16. The Hall–Kier alpha value is -4.12. The lowest BCUT2D eigenvalue weighted by Crippen LogP contribution is -2.49. The molecule has 1 aliphatic rings. The van der Waals surface area contributed by atoms with Crippen LogP contribution in [0.2, 0.25) is 0 Å². The molecule has 3 aromatic carbocycles. The van der Waals surface area contributed by atoms with Crippen LogP contribution in [0.4, 0.5) is 0 Å². The molecule has 7 nitrogen and oxygen atoms in total. The predicted octanol–water partition coefficient (Wildman–Crippen LogP) is 5.24. The number of carbonyl (C=O) groups is 2. The first-order valence-corrected chi connectivity index (χ1v) is 13.9. The summed E-state index contributed by atoms with van der Waals surface area (Å²) in [5.41, 5.74) is 4.43. The fraction of sp³-hybridized carbons (Fsp3) is 0.353. The van der Waals surface area contributed by atoms with Gasteiger partial charge in [0.05, 0.1) is 5.56 Å². The summed E-state index contributed by atoms with van der Waals surface area (Å²) in [5.74, 6) is -0.514. The maximum Gasteiger partial charge on any atom is 0.335 e. The number of aromatic carboxylic acids is 1. The number of piperazine rings is 1. The van der Waals surface area contributed by atoms with E-state index >= 15 is 0 Å². The van der Waals surface area contributed by atoms with Crippen LogP contribution in [-0.4, -0.2) is 82.6 Å². The number of terminal acetylenes is 1. The molecule has 0 spiro atoms. The molecule has 0 radical (unpaired) electrons. The van der Waals surface area contributed by atoms with Crippen LogP contribution >= 0.6 is 0 Å². The number of phenols is 1. The normalized spacial score (nSPS) is 15.0. The Morgan fingerprint density at radius 1 is 0.878 bits per heavy atom. The molecule has 1 aliphatic heterocycles. The molecule has 2 N–H and O–H groups in total. The van der Waals surface area contributed by atoms with Crippen molar-refractivity contribution >= 4 is 11.9 Å². The molecule has 0 bridgehead atoms. The molecule has 0 saturated carbocycles. The minimum atomic E-state index is -0.866. The zero-order valence-corrected chi connectivity index (χ0v) is 24.7. The third-order valence-electron chi connectivity index (χ3n) is 7.22. The number of nitrogens with zero attached hydrogens (tertiary/aromatic N) is 3. The maximum atomic E-state index is 12.2. The standard InChI is InChI=1S/C18H21NO2.C14H20N2O2.C2H2/c1-3-19(4-2)18(21)16-10-8-14(9-11-16)12-15-6-5-7-17(20)13-15;1-11-9-16(8-7-15(11)2)10-12-3-5-13(6-4-12)14(17)18;1-2/h5-11,13,20H,3-4,12H2,1-2H3;3-6,11H,7-10H2,1-2H3,(H,17,18);1-2H/t;11-;/m.0./s1. The van der Waals surface area contributed by atoms with E-state index in [1.807, 2.05) is 67.3 Å². The maximum absolute atomic E-state index is 12.2. The number of amides is 1. The van der Waals surface area contributed by atoms with E-state index in [0.29, 0.717) is 11.6 Å². The number of aromatic hydroxyl groups is 1. The van der Waals surface area contributed by atoms with E-state index in [1.54, 1.807) is 24.3 Å². The van der Waals surface area contributed by atoms with Crippen molar-refractivity contribution < 1.29 is 19.8 Å². The van der Waals surface area contributed by atoms with Crippen molar-refractivity contribution in [3.05, 3.63) is 101 Å². The molecule has 1 atom stereocenters. The van der Waals surface area contributed by atoms with E-state index in [2.05, 4.69) is 36.6 Å². The Balaban J connectivity index is 0.000000273. The number of likely N-dealkylation sites (N-methyl/N-ethyl adjacent to an activating group) is 1. The molecular formula is C34H43N3O4. The minimum absolute atomic E-state index is 0.0731. The summed E-state index contributed by atoms with van der Waals surface area (Å²) in [6, 6.07) is 22.7. The van der Waals surface area contributed by atoms with E-state index in [4.69, 9.17) is 5.11 Å². The van der Waals surface area contributed by atoms with Gasteiger partial charge in [0.2, 0.25) is 0 Å². The molecule has 0 unspecified atom stereocenters. The van der Waals surface area contributed by atoms with Gasteiger partial charge in [0.15, 0.2) is 0 Å². The Kier molecular flexibility index (Phi) is 13.6. The number of carboxylic acids is 1. The third kappa shape index (κ3) is 10.4. The van der Waals surface area contributed by atoms with Gasteiger partial charge in [-0.05, 0) is 87.3 Å². The molecule has 4 rings (SSSR count). The van der Waals surface area contributed by atoms with Crippen LogP contribution in [-0.2, 0) is 13.0 Å². The number of carbonyl (C=O) groups excluding carboxylic acids is 1. The average Bonchev–Trinajstić information content (AvgIpc) is 2.98. The van der Waals surface area contributed by atoms with Crippen molar-refractivity contribution in [1.29, 1.82) is 0 Å². The molecule has 3 aromatic rings. The van der Waals surface area contributed by atoms with Crippen LogP contribution in [0.3, 0.4) is 0 Å². The van der Waals surface area contributed by atoms with E-state index in [9.17, 15) is 14.7 Å². The van der Waals surface area contributed by atoms with Crippen molar-refractivity contribution in [3.8, 4) is 18.6 Å². The second-order valence-corrected chi connectivity index (χ2v) is 10.1. The summed E-state index contributed by atoms with van der Waals surface area (Å²) >= 11 is 0. The molecule has 0 aromatic heterocycles. The fourth-order valence-corrected chi connectivity index (χ4v) is 4.64. The summed E-state index contributed by atoms with van der Waals surface area (Å²) < 4.78 is 0. The van der Waals surface area contributed by atoms with E-state index in [-0.39, 0.29) is 11.7 Å². The van der Waals surface area contributed by atoms with Crippen LogP contribution in [0.1, 0.15) is 58.2 Å². The first kappa shape index (κ1) is 33.1. The van der Waals surface area contributed by atoms with E-state index in [0.717, 1.165) is 62.4 Å². The molecular weight excluding hydrogens is 514 g/mol. The summed E-state index contributed by atoms with van der Waals surface area (Å²) in [4.78, 5) is 29.6. The van der Waals surface area contributed by atoms with Crippen molar-refractivity contribution in [3.63, 3.8) is 0 Å². The zero-order valence-electron chi connectivity index (χ0n) is 24.7. The number of carboxylic acid groups (broad SMARTS) is 1. The predicted molar refractivity (Wildman–Crippen MR) is 165 cm³/mol. The molecule has 0 aliphatic carbocycles. The van der Waals surface area contributed by atoms with Gasteiger partial charge in [-0.25, -0.2) is 4.79 Å². The summed E-state index contributed by atoms with van der Waals surface area (Å²) in [6.07, 6.45) is 8.74. The van der Waals surface area contributed by atoms with Gasteiger partial charge in [-0.2, -0.15) is 0 Å². The number of hydrogen-bond acceptors (Lipinski definition) is 5. The highest BCUT2D eigenvalue weighted by molar-refractivity contribution is 5.94. The monoisotopic (exact) mass is 557 g/mol. The largest absolute Gasteiger partial charge is 0.508 e. The summed E-state index contributed by atoms with van der Waals surface area (Å²) in [7, 11) is 2.16. The molecule has 1 saturated heterocycles. The highest BCUT2D eigenvalue weighted by atomic mass is 16.4. The van der Waals surface area contributed by atoms with Gasteiger partial charge in [-0.3, -0.25) is 9.69 Å². The lowest BCUT2D eigenvalue weighted by molar-refractivity contribution is 0.0695. The van der Waals surface area contributed by atoms with Gasteiger partial charge >= 0.3 is 5.97 Å². The van der Waals surface area contributed by atoms with Crippen molar-refractivity contribution in [2.75, 3.05) is 39.8 Å². The quantitative estimate of drug-likeness (QED) is 0.369. The van der Waals surface area contributed by atoms with Crippen molar-refractivity contribution in [1.82, 2.24) is 14.7 Å². The van der Waals surface area contributed by atoms with Crippen LogP contribution in [0.5, 0.6) is 5.75 Å². The number of rotatable bonds is 8. The molecule has 1 amide bonds. The second-order valence-electron chi connectivity index (χ2n) is 10.1. The number of phenolic OH excluding ortho intramolecular Hbond substituents is 1. The third-order valence-corrected chi connectivity index (χ3v) is 7.22. The summed E-state index contributed by atoms with van der Waals surface area (Å²) in [6.45, 7) is 11.8.